The van der Waals surface area contributed by atoms with E-state index in [1.165, 1.54) is 18.9 Å². The molecule has 0 aromatic heterocycles. The van der Waals surface area contributed by atoms with Gasteiger partial charge in [-0.15, -0.1) is 0 Å². The van der Waals surface area contributed by atoms with Gasteiger partial charge < -0.3 is 20.4 Å². The van der Waals surface area contributed by atoms with Crippen molar-refractivity contribution < 1.29 is 13.6 Å². The Balaban J connectivity index is 1.17. The summed E-state index contributed by atoms with van der Waals surface area (Å²) < 4.78 is 26.5. The molecule has 148 valence electrons. The first-order valence-corrected chi connectivity index (χ1v) is 10.1. The quantitative estimate of drug-likeness (QED) is 0.828. The van der Waals surface area contributed by atoms with Crippen LogP contribution in [0, 0.1) is 17.6 Å². The van der Waals surface area contributed by atoms with Crippen LogP contribution in [-0.2, 0) is 0 Å². The lowest BCUT2D eigenvalue weighted by molar-refractivity contribution is 0.185. The number of halogens is 2. The standard InChI is InChI=1S/C20H28F2N4O/c21-18-4-3-17(11-19(18)22)26-8-5-14(13-26)12-23-20(27)24-15-6-9-25(10-7-15)16-1-2-16/h3-4,11,14-16H,1-2,5-10,12-13H2,(H2,23,24,27)/t14-/m1/s1. The van der Waals surface area contributed by atoms with E-state index >= 15 is 0 Å². The molecule has 1 atom stereocenters. The summed E-state index contributed by atoms with van der Waals surface area (Å²) >= 11 is 0. The highest BCUT2D eigenvalue weighted by Gasteiger charge is 2.32. The van der Waals surface area contributed by atoms with E-state index in [0.717, 1.165) is 57.5 Å². The Morgan fingerprint density at radius 2 is 1.81 bits per heavy atom. The molecule has 1 saturated carbocycles. The lowest BCUT2D eigenvalue weighted by Crippen LogP contribution is -2.49. The summed E-state index contributed by atoms with van der Waals surface area (Å²) in [5.41, 5.74) is 0.697. The number of nitrogens with one attached hydrogen (secondary N) is 2. The van der Waals surface area contributed by atoms with Gasteiger partial charge in [-0.2, -0.15) is 0 Å². The summed E-state index contributed by atoms with van der Waals surface area (Å²) in [5, 5.41) is 6.08. The van der Waals surface area contributed by atoms with Gasteiger partial charge in [-0.25, -0.2) is 13.6 Å². The zero-order valence-electron chi connectivity index (χ0n) is 15.6. The fourth-order valence-corrected chi connectivity index (χ4v) is 4.24. The largest absolute Gasteiger partial charge is 0.371 e. The third kappa shape index (κ3) is 4.69. The van der Waals surface area contributed by atoms with E-state index in [0.29, 0.717) is 18.2 Å². The Hall–Kier alpha value is -1.89. The van der Waals surface area contributed by atoms with Crippen LogP contribution in [0.15, 0.2) is 18.2 Å². The van der Waals surface area contributed by atoms with Gasteiger partial charge in [-0.3, -0.25) is 0 Å². The van der Waals surface area contributed by atoms with Crippen LogP contribution in [0.1, 0.15) is 32.1 Å². The van der Waals surface area contributed by atoms with Crippen LogP contribution in [0.2, 0.25) is 0 Å². The van der Waals surface area contributed by atoms with E-state index in [-0.39, 0.29) is 12.1 Å². The van der Waals surface area contributed by atoms with E-state index < -0.39 is 11.6 Å². The highest BCUT2D eigenvalue weighted by atomic mass is 19.2. The fraction of sp³-hybridized carbons (Fsp3) is 0.650. The van der Waals surface area contributed by atoms with Gasteiger partial charge >= 0.3 is 6.03 Å². The number of anilines is 1. The number of carbonyl (C=O) groups excluding carboxylic acids is 1. The third-order valence-corrected chi connectivity index (χ3v) is 6.03. The zero-order chi connectivity index (χ0) is 18.8. The molecule has 2 N–H and O–H groups in total. The topological polar surface area (TPSA) is 47.6 Å². The van der Waals surface area contributed by atoms with E-state index in [1.807, 2.05) is 4.90 Å². The van der Waals surface area contributed by atoms with Crippen molar-refractivity contribution in [1.29, 1.82) is 0 Å². The van der Waals surface area contributed by atoms with Crippen LogP contribution < -0.4 is 15.5 Å². The van der Waals surface area contributed by atoms with E-state index in [2.05, 4.69) is 15.5 Å². The predicted octanol–water partition coefficient (Wildman–Crippen LogP) is 2.72. The summed E-state index contributed by atoms with van der Waals surface area (Å²) in [6, 6.07) is 4.99. The van der Waals surface area contributed by atoms with E-state index in [9.17, 15) is 13.6 Å². The van der Waals surface area contributed by atoms with Crippen molar-refractivity contribution in [2.75, 3.05) is 37.6 Å². The van der Waals surface area contributed by atoms with Crippen LogP contribution in [0.25, 0.3) is 0 Å². The molecule has 1 aliphatic carbocycles. The molecular formula is C20H28F2N4O. The molecular weight excluding hydrogens is 350 g/mol. The van der Waals surface area contributed by atoms with Crippen molar-refractivity contribution in [2.45, 2.75) is 44.2 Å². The summed E-state index contributed by atoms with van der Waals surface area (Å²) in [4.78, 5) is 16.8. The Bertz CT molecular complexity index is 674. The predicted molar refractivity (Wildman–Crippen MR) is 101 cm³/mol. The molecule has 0 bridgehead atoms. The number of urea groups is 1. The van der Waals surface area contributed by atoms with E-state index in [4.69, 9.17) is 0 Å². The number of benzene rings is 1. The van der Waals surface area contributed by atoms with Crippen LogP contribution in [0.3, 0.4) is 0 Å². The Morgan fingerprint density at radius 1 is 1.04 bits per heavy atom. The van der Waals surface area contributed by atoms with Crippen molar-refractivity contribution in [3.8, 4) is 0 Å². The number of hydrogen-bond donors (Lipinski definition) is 2. The highest BCUT2D eigenvalue weighted by molar-refractivity contribution is 5.74. The van der Waals surface area contributed by atoms with Crippen molar-refractivity contribution in [3.63, 3.8) is 0 Å². The Morgan fingerprint density at radius 3 is 2.52 bits per heavy atom. The molecule has 3 aliphatic rings. The van der Waals surface area contributed by atoms with Gasteiger partial charge in [0.2, 0.25) is 0 Å². The average Bonchev–Trinajstić information content (AvgIpc) is 3.41. The Labute approximate surface area is 159 Å². The normalized spacial score (nSPS) is 24.2. The van der Waals surface area contributed by atoms with Gasteiger partial charge in [0.25, 0.3) is 0 Å². The van der Waals surface area contributed by atoms with Crippen molar-refractivity contribution in [2.24, 2.45) is 5.92 Å². The summed E-state index contributed by atoms with van der Waals surface area (Å²) in [6.07, 6.45) is 5.65. The van der Waals surface area contributed by atoms with Gasteiger partial charge in [0.05, 0.1) is 0 Å². The highest BCUT2D eigenvalue weighted by Crippen LogP contribution is 2.29. The SMILES string of the molecule is O=C(NC[C@H]1CCN(c2ccc(F)c(F)c2)C1)NC1CCN(C2CC2)CC1. The van der Waals surface area contributed by atoms with Crippen LogP contribution in [0.4, 0.5) is 19.3 Å². The van der Waals surface area contributed by atoms with Gasteiger partial charge in [0, 0.05) is 56.6 Å². The Kier molecular flexibility index (Phi) is 5.48. The number of amides is 2. The number of likely N-dealkylation sites (tertiary alicyclic amines) is 1. The molecule has 0 radical (unpaired) electrons. The minimum Gasteiger partial charge on any atom is -0.371 e. The molecule has 27 heavy (non-hydrogen) atoms. The molecule has 3 fully saturated rings. The summed E-state index contributed by atoms with van der Waals surface area (Å²) in [7, 11) is 0. The molecule has 2 amide bonds. The molecule has 2 heterocycles. The van der Waals surface area contributed by atoms with Crippen molar-refractivity contribution in [1.82, 2.24) is 15.5 Å². The maximum absolute atomic E-state index is 13.4. The molecule has 2 saturated heterocycles. The van der Waals surface area contributed by atoms with E-state index in [1.54, 1.807) is 6.07 Å². The minimum atomic E-state index is -0.823. The fourth-order valence-electron chi connectivity index (χ4n) is 4.24. The molecule has 7 heteroatoms. The average molecular weight is 378 g/mol. The first-order valence-electron chi connectivity index (χ1n) is 10.1. The van der Waals surface area contributed by atoms with Crippen LogP contribution >= 0.6 is 0 Å². The van der Waals surface area contributed by atoms with Crippen molar-refractivity contribution >= 4 is 11.7 Å². The van der Waals surface area contributed by atoms with Gasteiger partial charge in [-0.05, 0) is 50.2 Å². The second-order valence-electron chi connectivity index (χ2n) is 8.09. The molecule has 1 aromatic carbocycles. The summed E-state index contributed by atoms with van der Waals surface area (Å²) in [6.45, 7) is 4.31. The second kappa shape index (κ2) is 8.00. The zero-order valence-corrected chi connectivity index (χ0v) is 15.6. The monoisotopic (exact) mass is 378 g/mol. The lowest BCUT2D eigenvalue weighted by atomic mass is 10.1. The van der Waals surface area contributed by atoms with Crippen LogP contribution in [-0.4, -0.2) is 55.7 Å². The number of nitrogens with zero attached hydrogens (tertiary/aromatic N) is 2. The van der Waals surface area contributed by atoms with Crippen molar-refractivity contribution in [3.05, 3.63) is 29.8 Å². The maximum Gasteiger partial charge on any atom is 0.315 e. The van der Waals surface area contributed by atoms with Gasteiger partial charge in [0.15, 0.2) is 11.6 Å². The minimum absolute atomic E-state index is 0.0915. The molecule has 5 nitrogen and oxygen atoms in total. The molecule has 4 rings (SSSR count). The number of piperidine rings is 1. The van der Waals surface area contributed by atoms with Gasteiger partial charge in [-0.1, -0.05) is 0 Å². The smallest absolute Gasteiger partial charge is 0.315 e. The lowest BCUT2D eigenvalue weighted by Gasteiger charge is -2.32. The number of rotatable bonds is 5. The number of hydrogen-bond acceptors (Lipinski definition) is 3. The number of carbonyl (C=O) groups is 1. The summed E-state index contributed by atoms with van der Waals surface area (Å²) in [5.74, 6) is -1.32. The molecule has 0 spiro atoms. The van der Waals surface area contributed by atoms with Crippen LogP contribution in [0.5, 0.6) is 0 Å². The maximum atomic E-state index is 13.4. The first kappa shape index (κ1) is 18.5. The molecule has 2 aliphatic heterocycles. The second-order valence-corrected chi connectivity index (χ2v) is 8.09. The van der Waals surface area contributed by atoms with Gasteiger partial charge in [0.1, 0.15) is 0 Å². The first-order chi connectivity index (χ1) is 13.1. The molecule has 0 unspecified atom stereocenters. The molecule has 1 aromatic rings. The third-order valence-electron chi connectivity index (χ3n) is 6.03.